The largest absolute Gasteiger partial charge is 0.468 e. The Balaban J connectivity index is 1.91. The van der Waals surface area contributed by atoms with Crippen molar-refractivity contribution < 1.29 is 4.42 Å². The van der Waals surface area contributed by atoms with E-state index in [9.17, 15) is 0 Å². The molecule has 0 aliphatic heterocycles. The summed E-state index contributed by atoms with van der Waals surface area (Å²) in [4.78, 5) is 4.79. The lowest BCUT2D eigenvalue weighted by molar-refractivity contribution is 0.0243. The topological polar surface area (TPSA) is 31.7 Å². The van der Waals surface area contributed by atoms with E-state index in [2.05, 4.69) is 49.2 Å². The highest BCUT2D eigenvalue weighted by molar-refractivity contribution is 5.17. The lowest BCUT2D eigenvalue weighted by Crippen LogP contribution is -2.56. The second-order valence-corrected chi connectivity index (χ2v) is 6.29. The first kappa shape index (κ1) is 15.5. The summed E-state index contributed by atoms with van der Waals surface area (Å²) in [5.74, 6) is 1.10. The molecule has 0 unspecified atom stereocenters. The minimum absolute atomic E-state index is 0.378. The summed E-state index contributed by atoms with van der Waals surface area (Å²) in [7, 11) is 6.61. The van der Waals surface area contributed by atoms with Crippen LogP contribution in [0.2, 0.25) is 0 Å². The Morgan fingerprint density at radius 3 is 2.60 bits per heavy atom. The summed E-state index contributed by atoms with van der Waals surface area (Å²) in [5, 5.41) is 3.37. The number of hydrogen-bond acceptors (Lipinski definition) is 4. The van der Waals surface area contributed by atoms with Gasteiger partial charge in [-0.3, -0.25) is 4.90 Å². The van der Waals surface area contributed by atoms with Crippen LogP contribution in [0.4, 0.5) is 0 Å². The van der Waals surface area contributed by atoms with Gasteiger partial charge in [0, 0.05) is 24.2 Å². The molecule has 0 bridgehead atoms. The molecule has 4 heteroatoms. The first-order valence-corrected chi connectivity index (χ1v) is 7.69. The summed E-state index contributed by atoms with van der Waals surface area (Å²) < 4.78 is 5.66. The van der Waals surface area contributed by atoms with Crippen molar-refractivity contribution >= 4 is 0 Å². The van der Waals surface area contributed by atoms with Gasteiger partial charge in [0.05, 0.1) is 12.8 Å². The van der Waals surface area contributed by atoms with Crippen molar-refractivity contribution in [3.8, 4) is 0 Å². The number of hydrogen-bond donors (Lipinski definition) is 1. The Hall–Kier alpha value is -0.840. The molecular formula is C16H29N3O. The molecule has 0 amide bonds. The third kappa shape index (κ3) is 3.43. The lowest BCUT2D eigenvalue weighted by atomic mass is 9.75. The monoisotopic (exact) mass is 279 g/mol. The molecule has 1 aromatic heterocycles. The van der Waals surface area contributed by atoms with Crippen LogP contribution in [0.15, 0.2) is 16.7 Å². The van der Waals surface area contributed by atoms with Gasteiger partial charge in [-0.1, -0.05) is 6.92 Å². The van der Waals surface area contributed by atoms with E-state index in [0.29, 0.717) is 5.54 Å². The third-order valence-corrected chi connectivity index (χ3v) is 4.61. The summed E-state index contributed by atoms with van der Waals surface area (Å²) >= 11 is 0. The second-order valence-electron chi connectivity index (χ2n) is 6.29. The molecule has 1 aliphatic carbocycles. The number of likely N-dealkylation sites (N-methyl/N-ethyl adjacent to an activating group) is 2. The smallest absolute Gasteiger partial charge is 0.122 e. The van der Waals surface area contributed by atoms with Crippen molar-refractivity contribution in [3.63, 3.8) is 0 Å². The van der Waals surface area contributed by atoms with Crippen LogP contribution >= 0.6 is 0 Å². The van der Waals surface area contributed by atoms with Crippen molar-refractivity contribution in [2.45, 2.75) is 44.8 Å². The first-order valence-electron chi connectivity index (χ1n) is 7.69. The van der Waals surface area contributed by atoms with E-state index in [-0.39, 0.29) is 0 Å². The van der Waals surface area contributed by atoms with Crippen molar-refractivity contribution in [3.05, 3.63) is 23.7 Å². The van der Waals surface area contributed by atoms with Gasteiger partial charge in [-0.05, 0) is 53.0 Å². The molecule has 0 radical (unpaired) electrons. The van der Waals surface area contributed by atoms with Gasteiger partial charge in [0.1, 0.15) is 5.76 Å². The van der Waals surface area contributed by atoms with Crippen LogP contribution < -0.4 is 5.32 Å². The van der Waals surface area contributed by atoms with Gasteiger partial charge in [0.25, 0.3) is 0 Å². The van der Waals surface area contributed by atoms with E-state index in [1.165, 1.54) is 24.8 Å². The Morgan fingerprint density at radius 1 is 1.30 bits per heavy atom. The van der Waals surface area contributed by atoms with Crippen molar-refractivity contribution in [1.82, 2.24) is 15.1 Å². The quantitative estimate of drug-likeness (QED) is 0.791. The molecule has 1 saturated carbocycles. The predicted molar refractivity (Wildman–Crippen MR) is 82.7 cm³/mol. The minimum atomic E-state index is 0.378. The molecule has 0 saturated heterocycles. The third-order valence-electron chi connectivity index (χ3n) is 4.61. The maximum Gasteiger partial charge on any atom is 0.122 e. The van der Waals surface area contributed by atoms with Crippen LogP contribution in [0.5, 0.6) is 0 Å². The zero-order valence-electron chi connectivity index (χ0n) is 13.4. The second kappa shape index (κ2) is 6.74. The molecule has 1 aromatic rings. The lowest BCUT2D eigenvalue weighted by Gasteiger charge is -2.49. The Labute approximate surface area is 123 Å². The van der Waals surface area contributed by atoms with Crippen LogP contribution in [-0.2, 0) is 13.1 Å². The maximum absolute atomic E-state index is 5.66. The molecule has 4 nitrogen and oxygen atoms in total. The van der Waals surface area contributed by atoms with Gasteiger partial charge < -0.3 is 14.6 Å². The number of furan rings is 1. The highest BCUT2D eigenvalue weighted by atomic mass is 16.3. The fourth-order valence-corrected chi connectivity index (χ4v) is 3.06. The van der Waals surface area contributed by atoms with Gasteiger partial charge in [-0.15, -0.1) is 0 Å². The molecular weight excluding hydrogens is 250 g/mol. The first-order chi connectivity index (χ1) is 9.57. The summed E-state index contributed by atoms with van der Waals surface area (Å²) in [6.07, 6.45) is 5.79. The van der Waals surface area contributed by atoms with Crippen LogP contribution in [-0.4, -0.2) is 49.6 Å². The van der Waals surface area contributed by atoms with E-state index >= 15 is 0 Å². The molecule has 2 rings (SSSR count). The molecule has 1 heterocycles. The average Bonchev–Trinajstić information content (AvgIpc) is 2.78. The van der Waals surface area contributed by atoms with Gasteiger partial charge in [0.2, 0.25) is 0 Å². The van der Waals surface area contributed by atoms with Crippen LogP contribution in [0, 0.1) is 0 Å². The van der Waals surface area contributed by atoms with Crippen molar-refractivity contribution in [2.75, 3.05) is 34.2 Å². The number of nitrogens with zero attached hydrogens (tertiary/aromatic N) is 2. The fourth-order valence-electron chi connectivity index (χ4n) is 3.06. The van der Waals surface area contributed by atoms with Gasteiger partial charge >= 0.3 is 0 Å². The van der Waals surface area contributed by atoms with E-state index in [4.69, 9.17) is 4.42 Å². The molecule has 20 heavy (non-hydrogen) atoms. The van der Waals surface area contributed by atoms with Gasteiger partial charge in [0.15, 0.2) is 0 Å². The fraction of sp³-hybridized carbons (Fsp3) is 0.750. The maximum atomic E-state index is 5.66. The van der Waals surface area contributed by atoms with Crippen molar-refractivity contribution in [1.29, 1.82) is 0 Å². The number of nitrogens with one attached hydrogen (secondary N) is 1. The zero-order chi connectivity index (χ0) is 14.6. The molecule has 0 spiro atoms. The molecule has 114 valence electrons. The van der Waals surface area contributed by atoms with E-state index in [0.717, 1.165) is 31.9 Å². The molecule has 1 aliphatic rings. The Bertz CT molecular complexity index is 410. The van der Waals surface area contributed by atoms with Crippen LogP contribution in [0.25, 0.3) is 0 Å². The molecule has 0 aromatic carbocycles. The average molecular weight is 279 g/mol. The molecule has 0 atom stereocenters. The summed E-state index contributed by atoms with van der Waals surface area (Å²) in [5.41, 5.74) is 1.66. The van der Waals surface area contributed by atoms with Gasteiger partial charge in [-0.25, -0.2) is 0 Å². The molecule has 1 N–H and O–H groups in total. The van der Waals surface area contributed by atoms with E-state index in [1.54, 1.807) is 6.26 Å². The SMILES string of the molecule is CCNCc1ccoc1CN(C)CC1(N(C)C)CCC1. The zero-order valence-corrected chi connectivity index (χ0v) is 13.4. The van der Waals surface area contributed by atoms with Crippen LogP contribution in [0.1, 0.15) is 37.5 Å². The standard InChI is InChI=1S/C16H29N3O/c1-5-17-11-14-7-10-20-15(14)12-19(4)13-16(18(2)3)8-6-9-16/h7,10,17H,5-6,8-9,11-13H2,1-4H3. The summed E-state index contributed by atoms with van der Waals surface area (Å²) in [6, 6.07) is 2.08. The summed E-state index contributed by atoms with van der Waals surface area (Å²) in [6.45, 7) is 6.02. The number of rotatable bonds is 8. The Kier molecular flexibility index (Phi) is 5.24. The highest BCUT2D eigenvalue weighted by Crippen LogP contribution is 2.36. The van der Waals surface area contributed by atoms with Crippen LogP contribution in [0.3, 0.4) is 0 Å². The van der Waals surface area contributed by atoms with E-state index in [1.807, 2.05) is 0 Å². The van der Waals surface area contributed by atoms with Crippen molar-refractivity contribution in [2.24, 2.45) is 0 Å². The molecule has 1 fully saturated rings. The highest BCUT2D eigenvalue weighted by Gasteiger charge is 2.39. The Morgan fingerprint density at radius 2 is 2.05 bits per heavy atom. The van der Waals surface area contributed by atoms with E-state index < -0.39 is 0 Å². The predicted octanol–water partition coefficient (Wildman–Crippen LogP) is 2.31. The van der Waals surface area contributed by atoms with Gasteiger partial charge in [-0.2, -0.15) is 0 Å². The minimum Gasteiger partial charge on any atom is -0.468 e. The normalized spacial score (nSPS) is 17.7.